The molecule has 5 saturated carbocycles. The number of carbonyl (C=O) groups is 1. The van der Waals surface area contributed by atoms with Crippen LogP contribution >= 0.6 is 0 Å². The topological polar surface area (TPSA) is 46.5 Å². The average molecular weight is 573 g/mol. The summed E-state index contributed by atoms with van der Waals surface area (Å²) in [4.78, 5) is 12.9. The van der Waals surface area contributed by atoms with Gasteiger partial charge in [0.05, 0.1) is 0 Å². The zero-order valence-electron chi connectivity index (χ0n) is 27.5. The van der Waals surface area contributed by atoms with Crippen molar-refractivity contribution in [2.75, 3.05) is 0 Å². The number of ether oxygens (including phenoxy) is 1. The molecule has 0 heterocycles. The molecule has 0 bridgehead atoms. The summed E-state index contributed by atoms with van der Waals surface area (Å²) in [6.45, 7) is 17.3. The number of hydrogen-bond donors (Lipinski definition) is 1. The van der Waals surface area contributed by atoms with Gasteiger partial charge in [-0.15, -0.1) is 0 Å². The van der Waals surface area contributed by atoms with E-state index < -0.39 is 0 Å². The minimum Gasteiger partial charge on any atom is -0.508 e. The second kappa shape index (κ2) is 10.3. The van der Waals surface area contributed by atoms with Crippen LogP contribution in [0.3, 0.4) is 0 Å². The Kier molecular flexibility index (Phi) is 7.34. The molecule has 0 amide bonds. The summed E-state index contributed by atoms with van der Waals surface area (Å²) in [7, 11) is 0. The van der Waals surface area contributed by atoms with Crippen LogP contribution in [0.4, 0.5) is 0 Å². The third-order valence-corrected chi connectivity index (χ3v) is 14.5. The van der Waals surface area contributed by atoms with E-state index in [2.05, 4.69) is 54.5 Å². The monoisotopic (exact) mass is 572 g/mol. The molecule has 6 rings (SSSR count). The van der Waals surface area contributed by atoms with Crippen LogP contribution in [0.5, 0.6) is 5.75 Å². The van der Waals surface area contributed by atoms with Gasteiger partial charge in [0.2, 0.25) is 0 Å². The fourth-order valence-corrected chi connectivity index (χ4v) is 12.3. The molecule has 3 nitrogen and oxygen atoms in total. The molecule has 2 spiro atoms. The van der Waals surface area contributed by atoms with Crippen LogP contribution in [0, 0.1) is 50.7 Å². The van der Waals surface area contributed by atoms with Gasteiger partial charge in [0, 0.05) is 11.5 Å². The van der Waals surface area contributed by atoms with Crippen molar-refractivity contribution in [2.24, 2.45) is 50.7 Å². The SMILES string of the molecule is CC(C)=CCC[C@@H](C)[C@H]1CC[C@@]2(C)[C@H]3CC[C@@H]4C(C)(C)[C@@H](OC(=O)C=Cc5ccc(O)cc5)CC[C@@]45C[C@@]35CC[C@]12C. The van der Waals surface area contributed by atoms with Crippen LogP contribution in [-0.2, 0) is 9.53 Å². The maximum atomic E-state index is 12.9. The molecular weight excluding hydrogens is 516 g/mol. The van der Waals surface area contributed by atoms with Gasteiger partial charge >= 0.3 is 5.97 Å². The predicted octanol–water partition coefficient (Wildman–Crippen LogP) is 10.1. The number of benzene rings is 1. The summed E-state index contributed by atoms with van der Waals surface area (Å²) >= 11 is 0. The number of esters is 1. The largest absolute Gasteiger partial charge is 0.508 e. The van der Waals surface area contributed by atoms with Gasteiger partial charge in [-0.3, -0.25) is 0 Å². The van der Waals surface area contributed by atoms with Crippen molar-refractivity contribution >= 4 is 12.0 Å². The molecule has 0 unspecified atom stereocenters. The van der Waals surface area contributed by atoms with Gasteiger partial charge < -0.3 is 9.84 Å². The molecule has 5 aliphatic carbocycles. The lowest BCUT2D eigenvalue weighted by Gasteiger charge is -2.63. The highest BCUT2D eigenvalue weighted by atomic mass is 16.5. The maximum Gasteiger partial charge on any atom is 0.331 e. The van der Waals surface area contributed by atoms with E-state index in [1.54, 1.807) is 24.3 Å². The lowest BCUT2D eigenvalue weighted by atomic mass is 9.41. The number of carbonyl (C=O) groups excluding carboxylic acids is 1. The van der Waals surface area contributed by atoms with Crippen molar-refractivity contribution in [3.63, 3.8) is 0 Å². The van der Waals surface area contributed by atoms with Crippen LogP contribution in [0.2, 0.25) is 0 Å². The minimum atomic E-state index is -0.243. The Bertz CT molecular complexity index is 1250. The van der Waals surface area contributed by atoms with Crippen molar-refractivity contribution in [3.8, 4) is 5.75 Å². The number of allylic oxidation sites excluding steroid dienone is 2. The molecule has 9 atom stereocenters. The zero-order valence-corrected chi connectivity index (χ0v) is 27.5. The van der Waals surface area contributed by atoms with E-state index in [1.165, 1.54) is 69.8 Å². The summed E-state index contributed by atoms with van der Waals surface area (Å²) < 4.78 is 6.21. The zero-order chi connectivity index (χ0) is 30.1. The van der Waals surface area contributed by atoms with Gasteiger partial charge in [-0.05, 0) is 154 Å². The van der Waals surface area contributed by atoms with Crippen molar-refractivity contribution in [3.05, 3.63) is 47.6 Å². The highest BCUT2D eigenvalue weighted by Gasteiger charge is 2.82. The Labute approximate surface area is 255 Å². The van der Waals surface area contributed by atoms with Crippen LogP contribution < -0.4 is 0 Å². The average Bonchev–Trinajstić information content (AvgIpc) is 3.51. The van der Waals surface area contributed by atoms with Crippen LogP contribution in [0.15, 0.2) is 42.0 Å². The predicted molar refractivity (Wildman–Crippen MR) is 172 cm³/mol. The van der Waals surface area contributed by atoms with Gasteiger partial charge in [0.25, 0.3) is 0 Å². The highest BCUT2D eigenvalue weighted by molar-refractivity contribution is 5.87. The molecular formula is C39H56O3. The molecule has 1 aromatic rings. The van der Waals surface area contributed by atoms with E-state index in [0.29, 0.717) is 27.6 Å². The molecule has 0 aliphatic heterocycles. The van der Waals surface area contributed by atoms with E-state index in [0.717, 1.165) is 29.7 Å². The number of rotatable bonds is 7. The van der Waals surface area contributed by atoms with E-state index in [-0.39, 0.29) is 23.2 Å². The number of phenolic OH excluding ortho intramolecular Hbond substituents is 1. The van der Waals surface area contributed by atoms with Crippen LogP contribution in [-0.4, -0.2) is 17.2 Å². The second-order valence-corrected chi connectivity index (χ2v) is 16.7. The van der Waals surface area contributed by atoms with Crippen LogP contribution in [0.1, 0.15) is 125 Å². The quantitative estimate of drug-likeness (QED) is 0.201. The van der Waals surface area contributed by atoms with Gasteiger partial charge in [0.1, 0.15) is 11.9 Å². The fourth-order valence-electron chi connectivity index (χ4n) is 12.3. The standard InChI is InChI=1S/C39H56O3/c1-26(2)9-8-10-27(3)30-19-21-37(7)32-17-16-31-35(4,5)33(42-34(41)18-13-28-11-14-29(40)15-12-28)20-22-38(31)25-39(32,38)24-23-36(30,37)6/h9,11-15,18,27,30-33,40H,8,10,16-17,19-25H2,1-7H3/t27-,30-,31-,32-,33+,36-,37+,38-,39+/m1/s1. The lowest BCUT2D eigenvalue weighted by molar-refractivity contribution is -0.179. The summed E-state index contributed by atoms with van der Waals surface area (Å²) in [6, 6.07) is 6.91. The first-order valence-electron chi connectivity index (χ1n) is 17.1. The first kappa shape index (κ1) is 30.0. The molecule has 0 radical (unpaired) electrons. The molecule has 5 aliphatic rings. The molecule has 42 heavy (non-hydrogen) atoms. The maximum absolute atomic E-state index is 12.9. The van der Waals surface area contributed by atoms with Gasteiger partial charge in [-0.2, -0.15) is 0 Å². The fraction of sp³-hybridized carbons (Fsp3) is 0.718. The second-order valence-electron chi connectivity index (χ2n) is 16.7. The first-order chi connectivity index (χ1) is 19.8. The molecule has 3 heteroatoms. The Hall–Kier alpha value is -2.03. The van der Waals surface area contributed by atoms with Crippen LogP contribution in [0.25, 0.3) is 6.08 Å². The van der Waals surface area contributed by atoms with Gasteiger partial charge in [0.15, 0.2) is 0 Å². The molecule has 0 saturated heterocycles. The normalized spacial score (nSPS) is 42.1. The van der Waals surface area contributed by atoms with E-state index in [9.17, 15) is 9.90 Å². The summed E-state index contributed by atoms with van der Waals surface area (Å²) in [5.74, 6) is 3.15. The lowest BCUT2D eigenvalue weighted by Crippen LogP contribution is -2.58. The summed E-state index contributed by atoms with van der Waals surface area (Å²) in [5.41, 5.74) is 4.25. The van der Waals surface area contributed by atoms with Crippen molar-refractivity contribution in [2.45, 2.75) is 125 Å². The summed E-state index contributed by atoms with van der Waals surface area (Å²) in [6.07, 6.45) is 20.3. The minimum absolute atomic E-state index is 0.00589. The number of aromatic hydroxyl groups is 1. The van der Waals surface area contributed by atoms with Crippen molar-refractivity contribution in [1.82, 2.24) is 0 Å². The third-order valence-electron chi connectivity index (χ3n) is 14.5. The highest BCUT2D eigenvalue weighted by Crippen LogP contribution is 2.89. The molecule has 5 fully saturated rings. The number of hydrogen-bond acceptors (Lipinski definition) is 3. The number of phenols is 1. The smallest absolute Gasteiger partial charge is 0.331 e. The van der Waals surface area contributed by atoms with E-state index in [4.69, 9.17) is 4.74 Å². The van der Waals surface area contributed by atoms with E-state index >= 15 is 0 Å². The first-order valence-corrected chi connectivity index (χ1v) is 17.1. The van der Waals surface area contributed by atoms with E-state index in [1.807, 2.05) is 12.1 Å². The third kappa shape index (κ3) is 4.37. The molecule has 0 aromatic heterocycles. The number of fused-ring (bicyclic) bond motifs is 2. The Morgan fingerprint density at radius 3 is 2.33 bits per heavy atom. The van der Waals surface area contributed by atoms with Gasteiger partial charge in [-0.25, -0.2) is 4.79 Å². The molecule has 230 valence electrons. The molecule has 1 N–H and O–H groups in total. The van der Waals surface area contributed by atoms with Crippen molar-refractivity contribution < 1.29 is 14.6 Å². The van der Waals surface area contributed by atoms with Gasteiger partial charge in [-0.1, -0.05) is 58.4 Å². The Morgan fingerprint density at radius 2 is 1.62 bits per heavy atom. The Balaban J connectivity index is 1.16. The summed E-state index contributed by atoms with van der Waals surface area (Å²) in [5, 5.41) is 9.53. The molecule has 1 aromatic carbocycles. The Morgan fingerprint density at radius 1 is 0.929 bits per heavy atom. The van der Waals surface area contributed by atoms with Crippen molar-refractivity contribution in [1.29, 1.82) is 0 Å².